The van der Waals surface area contributed by atoms with Crippen molar-refractivity contribution < 1.29 is 22.3 Å². The number of morpholine rings is 1. The molecule has 32 heavy (non-hydrogen) atoms. The van der Waals surface area contributed by atoms with Crippen LogP contribution in [-0.4, -0.2) is 69.0 Å². The molecule has 2 fully saturated rings. The molecule has 9 heteroatoms. The summed E-state index contributed by atoms with van der Waals surface area (Å²) in [4.78, 5) is 14.5. The van der Waals surface area contributed by atoms with Crippen molar-refractivity contribution in [2.24, 2.45) is 0 Å². The molecule has 2 aromatic rings. The van der Waals surface area contributed by atoms with Crippen LogP contribution >= 0.6 is 0 Å². The zero-order valence-electron chi connectivity index (χ0n) is 17.9. The van der Waals surface area contributed by atoms with Crippen LogP contribution in [0.2, 0.25) is 0 Å². The smallest absolute Gasteiger partial charge is 0.251 e. The first-order valence-electron chi connectivity index (χ1n) is 10.9. The molecule has 2 saturated heterocycles. The number of halogens is 1. The third kappa shape index (κ3) is 5.35. The van der Waals surface area contributed by atoms with Crippen LogP contribution in [0.1, 0.15) is 28.8 Å². The first-order valence-corrected chi connectivity index (χ1v) is 12.3. The third-order valence-corrected chi connectivity index (χ3v) is 7.75. The molecule has 0 aliphatic carbocycles. The second-order valence-corrected chi connectivity index (χ2v) is 10.1. The maximum absolute atomic E-state index is 14.3. The second kappa shape index (κ2) is 10.1. The number of sulfonamides is 1. The SMILES string of the molecule is O=C(NCC1CN(Cc2ccccc2)CCO1)c1ccc(F)c(S(=O)(=O)N2CCCC2)c1. The molecule has 2 aromatic carbocycles. The Kier molecular flexibility index (Phi) is 7.20. The van der Waals surface area contributed by atoms with Gasteiger partial charge in [-0.25, -0.2) is 12.8 Å². The van der Waals surface area contributed by atoms with Crippen molar-refractivity contribution in [2.75, 3.05) is 39.3 Å². The minimum atomic E-state index is -3.95. The van der Waals surface area contributed by atoms with Crippen LogP contribution in [0.3, 0.4) is 0 Å². The largest absolute Gasteiger partial charge is 0.374 e. The van der Waals surface area contributed by atoms with Gasteiger partial charge in [0.2, 0.25) is 10.0 Å². The molecule has 1 amide bonds. The molecule has 7 nitrogen and oxygen atoms in total. The number of nitrogens with one attached hydrogen (secondary N) is 1. The van der Waals surface area contributed by atoms with E-state index in [2.05, 4.69) is 22.3 Å². The van der Waals surface area contributed by atoms with E-state index in [1.807, 2.05) is 18.2 Å². The van der Waals surface area contributed by atoms with E-state index in [-0.39, 0.29) is 18.2 Å². The minimum Gasteiger partial charge on any atom is -0.374 e. The van der Waals surface area contributed by atoms with Crippen molar-refractivity contribution in [1.29, 1.82) is 0 Å². The van der Waals surface area contributed by atoms with Gasteiger partial charge >= 0.3 is 0 Å². The molecule has 0 aromatic heterocycles. The van der Waals surface area contributed by atoms with E-state index >= 15 is 0 Å². The summed E-state index contributed by atoms with van der Waals surface area (Å²) < 4.78 is 46.9. The summed E-state index contributed by atoms with van der Waals surface area (Å²) in [5.41, 5.74) is 1.33. The van der Waals surface area contributed by atoms with E-state index in [1.165, 1.54) is 15.9 Å². The molecule has 0 spiro atoms. The summed E-state index contributed by atoms with van der Waals surface area (Å²) in [5.74, 6) is -1.30. The van der Waals surface area contributed by atoms with Crippen molar-refractivity contribution in [3.63, 3.8) is 0 Å². The van der Waals surface area contributed by atoms with Gasteiger partial charge in [-0.1, -0.05) is 30.3 Å². The van der Waals surface area contributed by atoms with Gasteiger partial charge in [-0.3, -0.25) is 9.69 Å². The maximum Gasteiger partial charge on any atom is 0.251 e. The van der Waals surface area contributed by atoms with Crippen molar-refractivity contribution in [3.8, 4) is 0 Å². The summed E-state index contributed by atoms with van der Waals surface area (Å²) in [6.07, 6.45) is 1.33. The van der Waals surface area contributed by atoms with Crippen LogP contribution in [0.4, 0.5) is 4.39 Å². The zero-order chi connectivity index (χ0) is 22.6. The first-order chi connectivity index (χ1) is 15.4. The van der Waals surface area contributed by atoms with E-state index < -0.39 is 26.6 Å². The third-order valence-electron chi connectivity index (χ3n) is 5.84. The molecule has 0 radical (unpaired) electrons. The van der Waals surface area contributed by atoms with Crippen molar-refractivity contribution in [2.45, 2.75) is 30.4 Å². The average molecular weight is 462 g/mol. The summed E-state index contributed by atoms with van der Waals surface area (Å²) >= 11 is 0. The number of ether oxygens (including phenoxy) is 1. The van der Waals surface area contributed by atoms with Gasteiger partial charge in [-0.2, -0.15) is 4.31 Å². The summed E-state index contributed by atoms with van der Waals surface area (Å²) in [7, 11) is -3.95. The Morgan fingerprint density at radius 3 is 2.59 bits per heavy atom. The normalized spacial score (nSPS) is 20.3. The Labute approximate surface area is 188 Å². The first kappa shape index (κ1) is 22.8. The van der Waals surface area contributed by atoms with Crippen LogP contribution < -0.4 is 5.32 Å². The van der Waals surface area contributed by atoms with Gasteiger partial charge in [0, 0.05) is 44.8 Å². The van der Waals surface area contributed by atoms with Crippen molar-refractivity contribution >= 4 is 15.9 Å². The van der Waals surface area contributed by atoms with Gasteiger partial charge < -0.3 is 10.1 Å². The summed E-state index contributed by atoms with van der Waals surface area (Å²) in [5, 5.41) is 2.80. The Morgan fingerprint density at radius 1 is 1.09 bits per heavy atom. The molecule has 0 saturated carbocycles. The van der Waals surface area contributed by atoms with E-state index in [4.69, 9.17) is 4.74 Å². The lowest BCUT2D eigenvalue weighted by atomic mass is 10.1. The summed E-state index contributed by atoms with van der Waals surface area (Å²) in [6, 6.07) is 13.6. The van der Waals surface area contributed by atoms with Crippen LogP contribution in [0, 0.1) is 5.82 Å². The highest BCUT2D eigenvalue weighted by atomic mass is 32.2. The zero-order valence-corrected chi connectivity index (χ0v) is 18.7. The number of hydrogen-bond donors (Lipinski definition) is 1. The Hall–Kier alpha value is -2.33. The van der Waals surface area contributed by atoms with Gasteiger partial charge in [-0.15, -0.1) is 0 Å². The van der Waals surface area contributed by atoms with Gasteiger partial charge in [0.1, 0.15) is 10.7 Å². The molecular weight excluding hydrogens is 433 g/mol. The van der Waals surface area contributed by atoms with Crippen LogP contribution in [0.5, 0.6) is 0 Å². The fourth-order valence-corrected chi connectivity index (χ4v) is 5.72. The number of nitrogens with zero attached hydrogens (tertiary/aromatic N) is 2. The Balaban J connectivity index is 1.37. The lowest BCUT2D eigenvalue weighted by Crippen LogP contribution is -2.47. The van der Waals surface area contributed by atoms with Crippen molar-refractivity contribution in [1.82, 2.24) is 14.5 Å². The maximum atomic E-state index is 14.3. The summed E-state index contributed by atoms with van der Waals surface area (Å²) in [6.45, 7) is 3.90. The topological polar surface area (TPSA) is 79.0 Å². The van der Waals surface area contributed by atoms with Gasteiger partial charge in [-0.05, 0) is 36.6 Å². The van der Waals surface area contributed by atoms with Gasteiger partial charge in [0.15, 0.2) is 0 Å². The number of amides is 1. The van der Waals surface area contributed by atoms with Crippen LogP contribution in [0.15, 0.2) is 53.4 Å². The quantitative estimate of drug-likeness (QED) is 0.684. The number of carbonyl (C=O) groups is 1. The lowest BCUT2D eigenvalue weighted by Gasteiger charge is -2.33. The molecule has 4 rings (SSSR count). The highest BCUT2D eigenvalue weighted by molar-refractivity contribution is 7.89. The van der Waals surface area contributed by atoms with E-state index in [1.54, 1.807) is 0 Å². The number of hydrogen-bond acceptors (Lipinski definition) is 5. The minimum absolute atomic E-state index is 0.112. The molecule has 172 valence electrons. The molecule has 0 bridgehead atoms. The Bertz CT molecular complexity index is 1040. The van der Waals surface area contributed by atoms with E-state index in [0.29, 0.717) is 26.2 Å². The average Bonchev–Trinajstić information content (AvgIpc) is 3.35. The standard InChI is InChI=1S/C23H28FN3O4S/c24-21-9-8-19(14-22(21)32(29,30)27-10-4-5-11-27)23(28)25-15-20-17-26(12-13-31-20)16-18-6-2-1-3-7-18/h1-3,6-9,14,20H,4-5,10-13,15-17H2,(H,25,28). The fourth-order valence-electron chi connectivity index (χ4n) is 4.11. The highest BCUT2D eigenvalue weighted by Crippen LogP contribution is 2.24. The molecular formula is C23H28FN3O4S. The monoisotopic (exact) mass is 461 g/mol. The molecule has 2 aliphatic heterocycles. The lowest BCUT2D eigenvalue weighted by molar-refractivity contribution is -0.0292. The highest BCUT2D eigenvalue weighted by Gasteiger charge is 2.30. The number of carbonyl (C=O) groups excluding carboxylic acids is 1. The molecule has 2 aliphatic rings. The number of benzene rings is 2. The second-order valence-electron chi connectivity index (χ2n) is 8.18. The Morgan fingerprint density at radius 2 is 1.84 bits per heavy atom. The number of rotatable bonds is 7. The van der Waals surface area contributed by atoms with Crippen molar-refractivity contribution in [3.05, 3.63) is 65.5 Å². The van der Waals surface area contributed by atoms with Gasteiger partial charge in [0.05, 0.1) is 12.7 Å². The van der Waals surface area contributed by atoms with E-state index in [0.717, 1.165) is 38.1 Å². The van der Waals surface area contributed by atoms with Gasteiger partial charge in [0.25, 0.3) is 5.91 Å². The molecule has 1 atom stereocenters. The predicted octanol–water partition coefficient (Wildman–Crippen LogP) is 2.24. The molecule has 2 heterocycles. The fraction of sp³-hybridized carbons (Fsp3) is 0.435. The van der Waals surface area contributed by atoms with Crippen LogP contribution in [0.25, 0.3) is 0 Å². The molecule has 1 unspecified atom stereocenters. The van der Waals surface area contributed by atoms with Crippen LogP contribution in [-0.2, 0) is 21.3 Å². The molecule has 1 N–H and O–H groups in total. The predicted molar refractivity (Wildman–Crippen MR) is 118 cm³/mol. The van der Waals surface area contributed by atoms with E-state index in [9.17, 15) is 17.6 Å².